The van der Waals surface area contributed by atoms with Gasteiger partial charge in [-0.2, -0.15) is 0 Å². The number of methoxy groups -OCH3 is 1. The number of hydrogen-bond acceptors (Lipinski definition) is 3. The normalized spacial score (nSPS) is 20.8. The third-order valence-corrected chi connectivity index (χ3v) is 3.92. The molecule has 1 atom stereocenters. The van der Waals surface area contributed by atoms with Gasteiger partial charge in [-0.3, -0.25) is 0 Å². The minimum Gasteiger partial charge on any atom is -0.496 e. The predicted octanol–water partition coefficient (Wildman–Crippen LogP) is 4.56. The van der Waals surface area contributed by atoms with Crippen molar-refractivity contribution >= 4 is 22.6 Å². The number of allylic oxidation sites excluding steroid dienone is 2. The van der Waals surface area contributed by atoms with Gasteiger partial charge in [0.2, 0.25) is 5.85 Å². The number of ether oxygens (including phenoxy) is 3. The lowest BCUT2D eigenvalue weighted by molar-refractivity contribution is -0.109. The summed E-state index contributed by atoms with van der Waals surface area (Å²) >= 11 is 2.09. The Morgan fingerprint density at radius 2 is 2.09 bits per heavy atom. The number of alkyl halides is 1. The molecule has 0 aliphatic heterocycles. The highest BCUT2D eigenvalue weighted by Gasteiger charge is 2.28. The first-order chi connectivity index (χ1) is 10.6. The highest BCUT2D eigenvalue weighted by Crippen LogP contribution is 2.29. The molecule has 0 saturated carbocycles. The summed E-state index contributed by atoms with van der Waals surface area (Å²) in [5.41, 5.74) is 1.00. The zero-order chi connectivity index (χ0) is 15.8. The van der Waals surface area contributed by atoms with Crippen molar-refractivity contribution in [3.63, 3.8) is 0 Å². The summed E-state index contributed by atoms with van der Waals surface area (Å²) in [6.07, 6.45) is 6.11. The Morgan fingerprint density at radius 1 is 1.27 bits per heavy atom. The molecule has 120 valence electrons. The maximum absolute atomic E-state index is 14.3. The van der Waals surface area contributed by atoms with Gasteiger partial charge in [-0.1, -0.05) is 30.4 Å². The first-order valence-corrected chi connectivity index (χ1v) is 8.28. The molecule has 2 rings (SSSR count). The van der Waals surface area contributed by atoms with Crippen molar-refractivity contribution in [3.05, 3.63) is 51.6 Å². The van der Waals surface area contributed by atoms with Crippen LogP contribution in [0.2, 0.25) is 0 Å². The molecule has 1 aliphatic rings. The molecular weight excluding hydrogens is 398 g/mol. The van der Waals surface area contributed by atoms with Crippen LogP contribution < -0.4 is 4.74 Å². The Morgan fingerprint density at radius 3 is 2.86 bits per heavy atom. The van der Waals surface area contributed by atoms with Gasteiger partial charge in [0, 0.05) is 22.2 Å². The van der Waals surface area contributed by atoms with E-state index in [1.165, 1.54) is 6.08 Å². The zero-order valence-electron chi connectivity index (χ0n) is 12.6. The summed E-state index contributed by atoms with van der Waals surface area (Å²) in [6, 6.07) is 7.73. The summed E-state index contributed by atoms with van der Waals surface area (Å²) in [5, 5.41) is 0. The van der Waals surface area contributed by atoms with E-state index in [4.69, 9.17) is 14.2 Å². The van der Waals surface area contributed by atoms with Gasteiger partial charge < -0.3 is 14.2 Å². The Balaban J connectivity index is 1.65. The number of para-hydroxylation sites is 1. The second-order valence-electron chi connectivity index (χ2n) is 4.99. The van der Waals surface area contributed by atoms with Crippen molar-refractivity contribution < 1.29 is 18.6 Å². The molecule has 1 aromatic carbocycles. The van der Waals surface area contributed by atoms with E-state index in [1.54, 1.807) is 13.2 Å². The molecule has 0 amide bonds. The monoisotopic (exact) mass is 418 g/mol. The van der Waals surface area contributed by atoms with E-state index in [9.17, 15) is 4.39 Å². The molecule has 0 heterocycles. The third kappa shape index (κ3) is 5.37. The van der Waals surface area contributed by atoms with Crippen LogP contribution in [0, 0.1) is 0 Å². The van der Waals surface area contributed by atoms with E-state index in [-0.39, 0.29) is 6.42 Å². The van der Waals surface area contributed by atoms with Crippen LogP contribution in [0.4, 0.5) is 4.39 Å². The molecular formula is C17H20FIO3. The standard InChI is InChI=1S/C17H20FIO3/c1-20-16-8-3-2-6-14(16)13-21-10-5-11-22-17(18)9-4-7-15(19)12-17/h2-4,6-8,12H,5,9-11,13H2,1H3. The molecule has 0 N–H and O–H groups in total. The minimum absolute atomic E-state index is 0.265. The number of benzene rings is 1. The molecule has 3 nitrogen and oxygen atoms in total. The lowest BCUT2D eigenvalue weighted by Gasteiger charge is -2.23. The van der Waals surface area contributed by atoms with Gasteiger partial charge in [0.1, 0.15) is 5.75 Å². The maximum atomic E-state index is 14.3. The van der Waals surface area contributed by atoms with Crippen LogP contribution in [-0.4, -0.2) is 26.2 Å². The second kappa shape index (κ2) is 8.64. The lowest BCUT2D eigenvalue weighted by Crippen LogP contribution is -2.26. The fraction of sp³-hybridized carbons (Fsp3) is 0.412. The average molecular weight is 418 g/mol. The molecule has 1 aromatic rings. The lowest BCUT2D eigenvalue weighted by atomic mass is 10.1. The molecule has 0 spiro atoms. The van der Waals surface area contributed by atoms with Gasteiger partial charge in [-0.25, -0.2) is 4.39 Å². The van der Waals surface area contributed by atoms with E-state index in [1.807, 2.05) is 30.3 Å². The largest absolute Gasteiger partial charge is 0.496 e. The minimum atomic E-state index is -1.67. The topological polar surface area (TPSA) is 27.7 Å². The molecule has 5 heteroatoms. The highest BCUT2D eigenvalue weighted by molar-refractivity contribution is 14.1. The van der Waals surface area contributed by atoms with Crippen molar-refractivity contribution in [2.75, 3.05) is 20.3 Å². The molecule has 22 heavy (non-hydrogen) atoms. The summed E-state index contributed by atoms with van der Waals surface area (Å²) in [4.78, 5) is 0. The van der Waals surface area contributed by atoms with E-state index in [0.717, 1.165) is 14.9 Å². The number of hydrogen-bond donors (Lipinski definition) is 0. The predicted molar refractivity (Wildman–Crippen MR) is 92.9 cm³/mol. The third-order valence-electron chi connectivity index (χ3n) is 3.25. The van der Waals surface area contributed by atoms with Gasteiger partial charge in [0.05, 0.1) is 20.3 Å². The summed E-state index contributed by atoms with van der Waals surface area (Å²) in [7, 11) is 1.64. The van der Waals surface area contributed by atoms with Crippen LogP contribution in [0.25, 0.3) is 0 Å². The first-order valence-electron chi connectivity index (χ1n) is 7.20. The van der Waals surface area contributed by atoms with Gasteiger partial charge in [0.25, 0.3) is 0 Å². The highest BCUT2D eigenvalue weighted by atomic mass is 127. The van der Waals surface area contributed by atoms with E-state index in [0.29, 0.717) is 26.2 Å². The SMILES string of the molecule is COc1ccccc1COCCCOC1(F)C=C(I)C=CC1. The molecule has 1 unspecified atom stereocenters. The smallest absolute Gasteiger partial charge is 0.233 e. The Labute approximate surface area is 144 Å². The van der Waals surface area contributed by atoms with Crippen LogP contribution in [0.3, 0.4) is 0 Å². The fourth-order valence-corrected chi connectivity index (χ4v) is 2.87. The Kier molecular flexibility index (Phi) is 6.85. The summed E-state index contributed by atoms with van der Waals surface area (Å²) in [6.45, 7) is 1.33. The van der Waals surface area contributed by atoms with Gasteiger partial charge >= 0.3 is 0 Å². The van der Waals surface area contributed by atoms with Gasteiger partial charge in [0.15, 0.2) is 0 Å². The second-order valence-corrected chi connectivity index (χ2v) is 6.23. The van der Waals surface area contributed by atoms with Crippen molar-refractivity contribution in [1.82, 2.24) is 0 Å². The van der Waals surface area contributed by atoms with E-state index in [2.05, 4.69) is 22.6 Å². The van der Waals surface area contributed by atoms with Crippen molar-refractivity contribution in [3.8, 4) is 5.75 Å². The van der Waals surface area contributed by atoms with E-state index < -0.39 is 5.85 Å². The molecule has 0 aromatic heterocycles. The van der Waals surface area contributed by atoms with Crippen LogP contribution in [-0.2, 0) is 16.1 Å². The molecule has 0 saturated heterocycles. The van der Waals surface area contributed by atoms with Crippen molar-refractivity contribution in [2.24, 2.45) is 0 Å². The molecule has 0 fully saturated rings. The fourth-order valence-electron chi connectivity index (χ4n) is 2.15. The Bertz CT molecular complexity index is 544. The summed E-state index contributed by atoms with van der Waals surface area (Å²) in [5.74, 6) is -0.858. The summed E-state index contributed by atoms with van der Waals surface area (Å²) < 4.78 is 31.3. The van der Waals surface area contributed by atoms with Gasteiger partial charge in [-0.15, -0.1) is 0 Å². The molecule has 1 aliphatic carbocycles. The number of rotatable bonds is 8. The zero-order valence-corrected chi connectivity index (χ0v) is 14.7. The Hall–Kier alpha value is -0.920. The molecule has 0 radical (unpaired) electrons. The van der Waals surface area contributed by atoms with Crippen LogP contribution in [0.15, 0.2) is 46.1 Å². The van der Waals surface area contributed by atoms with Crippen LogP contribution >= 0.6 is 22.6 Å². The van der Waals surface area contributed by atoms with Crippen LogP contribution in [0.1, 0.15) is 18.4 Å². The first kappa shape index (κ1) is 17.4. The number of halogens is 2. The maximum Gasteiger partial charge on any atom is 0.233 e. The van der Waals surface area contributed by atoms with Gasteiger partial charge in [-0.05, 0) is 41.2 Å². The van der Waals surface area contributed by atoms with Crippen molar-refractivity contribution in [2.45, 2.75) is 25.3 Å². The van der Waals surface area contributed by atoms with E-state index >= 15 is 0 Å². The van der Waals surface area contributed by atoms with Crippen LogP contribution in [0.5, 0.6) is 5.75 Å². The average Bonchev–Trinajstić information content (AvgIpc) is 2.51. The van der Waals surface area contributed by atoms with Crippen molar-refractivity contribution in [1.29, 1.82) is 0 Å². The molecule has 0 bridgehead atoms. The quantitative estimate of drug-likeness (QED) is 0.458.